The van der Waals surface area contributed by atoms with Crippen LogP contribution in [0.4, 0.5) is 15.0 Å². The van der Waals surface area contributed by atoms with Crippen molar-refractivity contribution in [2.45, 2.75) is 52.1 Å². The highest BCUT2D eigenvalue weighted by Crippen LogP contribution is 2.46. The number of likely N-dealkylation sites (tertiary alicyclic amines) is 1. The summed E-state index contributed by atoms with van der Waals surface area (Å²) in [5, 5.41) is 4.60. The molecule has 0 unspecified atom stereocenters. The molecule has 0 bridgehead atoms. The van der Waals surface area contributed by atoms with Gasteiger partial charge in [0.05, 0.1) is 23.0 Å². The van der Waals surface area contributed by atoms with E-state index in [9.17, 15) is 14.0 Å². The molecule has 6 rings (SSSR count). The molecule has 2 saturated heterocycles. The zero-order chi connectivity index (χ0) is 28.1. The maximum atomic E-state index is 14.6. The van der Waals surface area contributed by atoms with Crippen molar-refractivity contribution >= 4 is 23.8 Å². The van der Waals surface area contributed by atoms with Crippen LogP contribution in [-0.2, 0) is 11.2 Å². The number of benzene rings is 1. The average Bonchev–Trinajstić information content (AvgIpc) is 3.61. The number of pyridine rings is 1. The number of piperidine rings is 1. The summed E-state index contributed by atoms with van der Waals surface area (Å²) in [5.41, 5.74) is 2.48. The second kappa shape index (κ2) is 9.87. The highest BCUT2D eigenvalue weighted by atomic mass is 19.1. The van der Waals surface area contributed by atoms with Crippen LogP contribution in [0.2, 0.25) is 0 Å². The van der Waals surface area contributed by atoms with Crippen LogP contribution >= 0.6 is 0 Å². The lowest BCUT2D eigenvalue weighted by molar-refractivity contribution is 0.0138. The van der Waals surface area contributed by atoms with Crippen molar-refractivity contribution in [3.8, 4) is 5.69 Å². The van der Waals surface area contributed by atoms with Gasteiger partial charge in [0.15, 0.2) is 5.78 Å². The molecule has 2 fully saturated rings. The SMILES string of the molecule is CC(C)(C)OC(=O)N1CCC2=Cc3c(cnn3-c3ccc(F)cc3)C[C@]2(C(=O)c2ccnc(N3CCCC3)c2)C1. The molecule has 0 spiro atoms. The first-order valence-electron chi connectivity index (χ1n) is 13.9. The molecule has 0 saturated carbocycles. The van der Waals surface area contributed by atoms with Crippen LogP contribution in [0.3, 0.4) is 0 Å². The Kier molecular flexibility index (Phi) is 6.47. The number of carbonyl (C=O) groups is 2. The van der Waals surface area contributed by atoms with E-state index in [2.05, 4.69) is 15.0 Å². The topological polar surface area (TPSA) is 80.6 Å². The van der Waals surface area contributed by atoms with Crippen LogP contribution in [0.25, 0.3) is 11.8 Å². The summed E-state index contributed by atoms with van der Waals surface area (Å²) < 4.78 is 21.1. The van der Waals surface area contributed by atoms with E-state index in [0.29, 0.717) is 24.9 Å². The van der Waals surface area contributed by atoms with Crippen molar-refractivity contribution < 1.29 is 18.7 Å². The Morgan fingerprint density at radius 2 is 1.80 bits per heavy atom. The third kappa shape index (κ3) is 4.78. The van der Waals surface area contributed by atoms with Crippen LogP contribution in [0.1, 0.15) is 61.6 Å². The summed E-state index contributed by atoms with van der Waals surface area (Å²) in [7, 11) is 0. The van der Waals surface area contributed by atoms with Gasteiger partial charge in [-0.3, -0.25) is 4.79 Å². The summed E-state index contributed by atoms with van der Waals surface area (Å²) in [6.07, 6.45) is 8.26. The lowest BCUT2D eigenvalue weighted by Crippen LogP contribution is -2.54. The van der Waals surface area contributed by atoms with Gasteiger partial charge in [-0.15, -0.1) is 0 Å². The van der Waals surface area contributed by atoms with Crippen molar-refractivity contribution in [1.82, 2.24) is 19.7 Å². The first-order chi connectivity index (χ1) is 19.1. The molecule has 40 heavy (non-hydrogen) atoms. The van der Waals surface area contributed by atoms with Gasteiger partial charge in [-0.05, 0) is 94.5 Å². The fourth-order valence-electron chi connectivity index (χ4n) is 6.08. The third-order valence-corrected chi connectivity index (χ3v) is 8.01. The predicted octanol–water partition coefficient (Wildman–Crippen LogP) is 5.46. The van der Waals surface area contributed by atoms with Crippen molar-refractivity contribution in [2.24, 2.45) is 5.41 Å². The standard InChI is InChI=1S/C31H34FN5O3/c1-30(2,3)40-29(39)36-15-11-23-17-26-22(19-34-37(26)25-8-6-24(32)7-9-25)18-31(23,20-36)28(38)21-10-12-33-27(16-21)35-13-4-5-14-35/h6-10,12,16-17,19H,4-5,11,13-15,18,20H2,1-3H3/t31-/m0/s1. The number of amides is 1. The van der Waals surface area contributed by atoms with Crippen molar-refractivity contribution in [2.75, 3.05) is 31.1 Å². The monoisotopic (exact) mass is 543 g/mol. The van der Waals surface area contributed by atoms with E-state index in [-0.39, 0.29) is 18.1 Å². The molecule has 1 atom stereocenters. The Balaban J connectivity index is 1.40. The quantitative estimate of drug-likeness (QED) is 0.407. The van der Waals surface area contributed by atoms with Gasteiger partial charge in [-0.1, -0.05) is 5.57 Å². The largest absolute Gasteiger partial charge is 0.444 e. The maximum absolute atomic E-state index is 14.6. The summed E-state index contributed by atoms with van der Waals surface area (Å²) in [6.45, 7) is 8.05. The Morgan fingerprint density at radius 1 is 1.05 bits per heavy atom. The number of Topliss-reactive ketones (excluding diaryl/α,β-unsaturated/α-hetero) is 1. The van der Waals surface area contributed by atoms with Gasteiger partial charge in [-0.25, -0.2) is 18.9 Å². The molecule has 1 aromatic carbocycles. The van der Waals surface area contributed by atoms with Gasteiger partial charge in [0.2, 0.25) is 0 Å². The summed E-state index contributed by atoms with van der Waals surface area (Å²) >= 11 is 0. The van der Waals surface area contributed by atoms with Crippen molar-refractivity contribution in [3.63, 3.8) is 0 Å². The fraction of sp³-hybridized carbons (Fsp3) is 0.419. The summed E-state index contributed by atoms with van der Waals surface area (Å²) in [6, 6.07) is 9.87. The molecule has 3 aromatic rings. The van der Waals surface area contributed by atoms with E-state index in [4.69, 9.17) is 4.74 Å². The van der Waals surface area contributed by atoms with Gasteiger partial charge < -0.3 is 14.5 Å². The number of hydrogen-bond donors (Lipinski definition) is 0. The van der Waals surface area contributed by atoms with E-state index in [1.807, 2.05) is 32.9 Å². The third-order valence-electron chi connectivity index (χ3n) is 8.01. The highest BCUT2D eigenvalue weighted by Gasteiger charge is 2.50. The number of rotatable bonds is 4. The number of aromatic nitrogens is 3. The Bertz CT molecular complexity index is 1480. The zero-order valence-electron chi connectivity index (χ0n) is 23.2. The molecule has 1 aliphatic carbocycles. The molecule has 0 N–H and O–H groups in total. The van der Waals surface area contributed by atoms with Gasteiger partial charge in [-0.2, -0.15) is 5.10 Å². The molecular weight excluding hydrogens is 509 g/mol. The van der Waals surface area contributed by atoms with E-state index >= 15 is 0 Å². The van der Waals surface area contributed by atoms with Crippen LogP contribution in [-0.4, -0.2) is 63.3 Å². The highest BCUT2D eigenvalue weighted by molar-refractivity contribution is 6.05. The minimum absolute atomic E-state index is 0.0324. The second-order valence-corrected chi connectivity index (χ2v) is 11.9. The summed E-state index contributed by atoms with van der Waals surface area (Å²) in [5.74, 6) is 0.466. The number of ether oxygens (including phenoxy) is 1. The molecule has 0 radical (unpaired) electrons. The van der Waals surface area contributed by atoms with E-state index < -0.39 is 17.1 Å². The van der Waals surface area contributed by atoms with Gasteiger partial charge in [0.1, 0.15) is 17.2 Å². The number of ketones is 1. The Labute approximate surface area is 233 Å². The molecule has 2 aliphatic heterocycles. The number of carbonyl (C=O) groups excluding carboxylic acids is 2. The molecular formula is C31H34FN5O3. The lowest BCUT2D eigenvalue weighted by Gasteiger charge is -2.45. The van der Waals surface area contributed by atoms with E-state index in [0.717, 1.165) is 54.3 Å². The molecule has 2 aromatic heterocycles. The van der Waals surface area contributed by atoms with Crippen LogP contribution < -0.4 is 4.90 Å². The number of hydrogen-bond acceptors (Lipinski definition) is 6. The molecule has 4 heterocycles. The predicted molar refractivity (Wildman–Crippen MR) is 150 cm³/mol. The van der Waals surface area contributed by atoms with Crippen LogP contribution in [0, 0.1) is 11.2 Å². The first kappa shape index (κ1) is 26.2. The van der Waals surface area contributed by atoms with E-state index in [1.165, 1.54) is 12.1 Å². The average molecular weight is 544 g/mol. The Hall–Kier alpha value is -4.01. The molecule has 1 amide bonds. The molecule has 8 nitrogen and oxygen atoms in total. The van der Waals surface area contributed by atoms with Crippen molar-refractivity contribution in [1.29, 1.82) is 0 Å². The van der Waals surface area contributed by atoms with Crippen LogP contribution in [0.5, 0.6) is 0 Å². The first-order valence-corrected chi connectivity index (χ1v) is 13.9. The fourth-order valence-corrected chi connectivity index (χ4v) is 6.08. The lowest BCUT2D eigenvalue weighted by atomic mass is 9.64. The number of halogens is 1. The number of nitrogens with zero attached hydrogens (tertiary/aromatic N) is 5. The zero-order valence-corrected chi connectivity index (χ0v) is 23.2. The smallest absolute Gasteiger partial charge is 0.410 e. The number of anilines is 1. The minimum Gasteiger partial charge on any atom is -0.444 e. The van der Waals surface area contributed by atoms with Gasteiger partial charge in [0.25, 0.3) is 0 Å². The van der Waals surface area contributed by atoms with Gasteiger partial charge >= 0.3 is 6.09 Å². The number of fused-ring (bicyclic) bond motifs is 2. The second-order valence-electron chi connectivity index (χ2n) is 11.9. The van der Waals surface area contributed by atoms with E-state index in [1.54, 1.807) is 40.2 Å². The summed E-state index contributed by atoms with van der Waals surface area (Å²) in [4.78, 5) is 36.2. The molecule has 9 heteroatoms. The normalized spacial score (nSPS) is 20.6. The molecule has 208 valence electrons. The maximum Gasteiger partial charge on any atom is 0.410 e. The van der Waals surface area contributed by atoms with Crippen LogP contribution in [0.15, 0.2) is 54.4 Å². The molecule has 3 aliphatic rings. The van der Waals surface area contributed by atoms with Crippen molar-refractivity contribution in [3.05, 3.63) is 77.0 Å². The minimum atomic E-state index is -0.956. The van der Waals surface area contributed by atoms with Gasteiger partial charge in [0, 0.05) is 37.9 Å². The Morgan fingerprint density at radius 3 is 2.52 bits per heavy atom.